The molecule has 0 amide bonds. The number of methoxy groups -OCH3 is 1. The predicted molar refractivity (Wildman–Crippen MR) is 103 cm³/mol. The van der Waals surface area contributed by atoms with Gasteiger partial charge in [0.1, 0.15) is 16.8 Å². The maximum absolute atomic E-state index is 11.5. The number of hydrogen-bond donors (Lipinski definition) is 0. The van der Waals surface area contributed by atoms with Gasteiger partial charge in [0.2, 0.25) is 0 Å². The third-order valence-electron chi connectivity index (χ3n) is 4.49. The summed E-state index contributed by atoms with van der Waals surface area (Å²) < 4.78 is 15.0. The van der Waals surface area contributed by atoms with E-state index in [0.29, 0.717) is 23.2 Å². The SMILES string of the molecule is COc1cc2oc3c(C=O)nn(-c4ccsc4)c3c2cc1-c1ccn(C)n1. The Labute approximate surface area is 157 Å². The summed E-state index contributed by atoms with van der Waals surface area (Å²) in [5.41, 5.74) is 4.64. The number of aromatic nitrogens is 4. The lowest BCUT2D eigenvalue weighted by atomic mass is 10.1. The van der Waals surface area contributed by atoms with E-state index in [4.69, 9.17) is 9.15 Å². The van der Waals surface area contributed by atoms with Crippen molar-refractivity contribution in [1.82, 2.24) is 19.6 Å². The Morgan fingerprint density at radius 1 is 1.26 bits per heavy atom. The second-order valence-corrected chi connectivity index (χ2v) is 6.88. The zero-order valence-corrected chi connectivity index (χ0v) is 15.4. The normalized spacial score (nSPS) is 11.5. The minimum Gasteiger partial charge on any atom is -0.496 e. The molecule has 1 aromatic carbocycles. The van der Waals surface area contributed by atoms with Gasteiger partial charge in [0.15, 0.2) is 17.6 Å². The molecule has 0 spiro atoms. The van der Waals surface area contributed by atoms with Gasteiger partial charge in [0.25, 0.3) is 0 Å². The average molecular weight is 378 g/mol. The van der Waals surface area contributed by atoms with E-state index in [2.05, 4.69) is 10.2 Å². The molecule has 4 heterocycles. The molecule has 27 heavy (non-hydrogen) atoms. The number of aldehydes is 1. The fraction of sp³-hybridized carbons (Fsp3) is 0.105. The lowest BCUT2D eigenvalue weighted by molar-refractivity contribution is 0.111. The molecule has 0 radical (unpaired) electrons. The summed E-state index contributed by atoms with van der Waals surface area (Å²) >= 11 is 1.56. The molecule has 0 unspecified atom stereocenters. The van der Waals surface area contributed by atoms with Crippen LogP contribution in [0.25, 0.3) is 39.0 Å². The number of rotatable bonds is 4. The molecular weight excluding hydrogens is 364 g/mol. The molecule has 0 saturated heterocycles. The van der Waals surface area contributed by atoms with Crippen molar-refractivity contribution in [3.63, 3.8) is 0 Å². The first kappa shape index (κ1) is 15.8. The molecule has 0 atom stereocenters. The van der Waals surface area contributed by atoms with Crippen molar-refractivity contribution in [3.05, 3.63) is 46.9 Å². The van der Waals surface area contributed by atoms with Crippen molar-refractivity contribution < 1.29 is 13.9 Å². The van der Waals surface area contributed by atoms with Crippen LogP contribution in [0, 0.1) is 0 Å². The van der Waals surface area contributed by atoms with E-state index in [1.807, 2.05) is 48.3 Å². The highest BCUT2D eigenvalue weighted by molar-refractivity contribution is 7.08. The van der Waals surface area contributed by atoms with Crippen molar-refractivity contribution in [2.45, 2.75) is 0 Å². The van der Waals surface area contributed by atoms with Crippen molar-refractivity contribution in [3.8, 4) is 22.7 Å². The van der Waals surface area contributed by atoms with Gasteiger partial charge in [-0.3, -0.25) is 9.48 Å². The Kier molecular flexibility index (Phi) is 3.41. The van der Waals surface area contributed by atoms with Crippen molar-refractivity contribution in [1.29, 1.82) is 0 Å². The van der Waals surface area contributed by atoms with Crippen LogP contribution in [0.5, 0.6) is 5.75 Å². The molecule has 0 bridgehead atoms. The first-order chi connectivity index (χ1) is 13.2. The van der Waals surface area contributed by atoms with Crippen LogP contribution in [-0.2, 0) is 7.05 Å². The topological polar surface area (TPSA) is 75.1 Å². The summed E-state index contributed by atoms with van der Waals surface area (Å²) in [6, 6.07) is 7.68. The lowest BCUT2D eigenvalue weighted by Gasteiger charge is -2.07. The van der Waals surface area contributed by atoms with Crippen LogP contribution in [0.2, 0.25) is 0 Å². The maximum atomic E-state index is 11.5. The van der Waals surface area contributed by atoms with E-state index in [9.17, 15) is 4.79 Å². The third kappa shape index (κ3) is 2.30. The number of nitrogens with zero attached hydrogens (tertiary/aromatic N) is 4. The van der Waals surface area contributed by atoms with E-state index in [1.54, 1.807) is 27.8 Å². The van der Waals surface area contributed by atoms with Crippen molar-refractivity contribution >= 4 is 39.7 Å². The van der Waals surface area contributed by atoms with Crippen molar-refractivity contribution in [2.75, 3.05) is 7.11 Å². The largest absolute Gasteiger partial charge is 0.496 e. The van der Waals surface area contributed by atoms with E-state index in [-0.39, 0.29) is 5.69 Å². The third-order valence-corrected chi connectivity index (χ3v) is 5.16. The number of hydrogen-bond acceptors (Lipinski definition) is 6. The average Bonchev–Trinajstić information content (AvgIpc) is 3.44. The first-order valence-electron chi connectivity index (χ1n) is 8.20. The van der Waals surface area contributed by atoms with Crippen LogP contribution in [0.3, 0.4) is 0 Å². The second-order valence-electron chi connectivity index (χ2n) is 6.10. The summed E-state index contributed by atoms with van der Waals surface area (Å²) in [6.07, 6.45) is 2.59. The quantitative estimate of drug-likeness (QED) is 0.441. The fourth-order valence-corrected chi connectivity index (χ4v) is 3.88. The molecule has 0 aliphatic heterocycles. The van der Waals surface area contributed by atoms with Gasteiger partial charge in [-0.05, 0) is 23.6 Å². The summed E-state index contributed by atoms with van der Waals surface area (Å²) in [5, 5.41) is 13.7. The van der Waals surface area contributed by atoms with Crippen molar-refractivity contribution in [2.24, 2.45) is 7.05 Å². The van der Waals surface area contributed by atoms with Gasteiger partial charge in [0, 0.05) is 35.6 Å². The van der Waals surface area contributed by atoms with Gasteiger partial charge in [-0.1, -0.05) is 0 Å². The van der Waals surface area contributed by atoms with E-state index in [0.717, 1.165) is 27.8 Å². The van der Waals surface area contributed by atoms with Crippen LogP contribution in [-0.4, -0.2) is 33.0 Å². The number of ether oxygens (including phenoxy) is 1. The summed E-state index contributed by atoms with van der Waals surface area (Å²) in [7, 11) is 3.48. The minimum absolute atomic E-state index is 0.269. The second kappa shape index (κ2) is 5.82. The molecule has 0 saturated carbocycles. The Bertz CT molecular complexity index is 1290. The number of fused-ring (bicyclic) bond motifs is 3. The Hall–Kier alpha value is -3.39. The molecule has 8 heteroatoms. The van der Waals surface area contributed by atoms with E-state index in [1.165, 1.54) is 0 Å². The number of thiophene rings is 1. The maximum Gasteiger partial charge on any atom is 0.184 e. The number of carbonyl (C=O) groups is 1. The van der Waals surface area contributed by atoms with Crippen LogP contribution in [0.4, 0.5) is 0 Å². The summed E-state index contributed by atoms with van der Waals surface area (Å²) in [5.74, 6) is 0.653. The smallest absolute Gasteiger partial charge is 0.184 e. The highest BCUT2D eigenvalue weighted by Crippen LogP contribution is 2.39. The number of carbonyl (C=O) groups excluding carboxylic acids is 1. The summed E-state index contributed by atoms with van der Waals surface area (Å²) in [4.78, 5) is 11.5. The molecule has 5 rings (SSSR count). The van der Waals surface area contributed by atoms with Gasteiger partial charge >= 0.3 is 0 Å². The van der Waals surface area contributed by atoms with Crippen LogP contribution >= 0.6 is 11.3 Å². The number of furan rings is 1. The van der Waals surface area contributed by atoms with Crippen LogP contribution < -0.4 is 4.74 Å². The molecule has 134 valence electrons. The van der Waals surface area contributed by atoms with E-state index < -0.39 is 0 Å². The fourth-order valence-electron chi connectivity index (χ4n) is 3.27. The van der Waals surface area contributed by atoms with Gasteiger partial charge in [-0.15, -0.1) is 0 Å². The summed E-state index contributed by atoms with van der Waals surface area (Å²) in [6.45, 7) is 0. The Morgan fingerprint density at radius 3 is 2.81 bits per heavy atom. The van der Waals surface area contributed by atoms with Gasteiger partial charge in [0.05, 0.1) is 18.5 Å². The molecule has 4 aromatic heterocycles. The monoisotopic (exact) mass is 378 g/mol. The highest BCUT2D eigenvalue weighted by Gasteiger charge is 2.22. The number of benzene rings is 1. The minimum atomic E-state index is 0.269. The molecular formula is C19H14N4O3S. The Morgan fingerprint density at radius 2 is 2.15 bits per heavy atom. The Balaban J connectivity index is 1.88. The van der Waals surface area contributed by atoms with Gasteiger partial charge in [-0.25, -0.2) is 4.68 Å². The zero-order valence-electron chi connectivity index (χ0n) is 14.5. The number of aryl methyl sites for hydroxylation is 1. The molecule has 7 nitrogen and oxygen atoms in total. The molecule has 0 aliphatic rings. The highest BCUT2D eigenvalue weighted by atomic mass is 32.1. The van der Waals surface area contributed by atoms with Gasteiger partial charge in [-0.2, -0.15) is 21.5 Å². The standard InChI is InChI=1S/C19H14N4O3S/c1-22-5-3-14(20-22)12-7-13-17(8-16(12)25-2)26-19-15(9-24)21-23(18(13)19)11-4-6-27-10-11/h3-10H,1-2H3. The molecule has 0 aliphatic carbocycles. The molecule has 5 aromatic rings. The van der Waals surface area contributed by atoms with E-state index >= 15 is 0 Å². The lowest BCUT2D eigenvalue weighted by Crippen LogP contribution is -1.96. The molecule has 0 fully saturated rings. The van der Waals surface area contributed by atoms with Crippen LogP contribution in [0.15, 0.2) is 45.6 Å². The zero-order chi connectivity index (χ0) is 18.5. The predicted octanol–water partition coefficient (Wildman–Crippen LogP) is 4.05. The van der Waals surface area contributed by atoms with Gasteiger partial charge < -0.3 is 9.15 Å². The van der Waals surface area contributed by atoms with Crippen LogP contribution in [0.1, 0.15) is 10.5 Å². The first-order valence-corrected chi connectivity index (χ1v) is 9.15. The molecule has 0 N–H and O–H groups in total.